The number of esters is 1. The standard InChI is InChI=1S/C32H31N7O3/c1-18(2)28(34)32(41)42-22-10-12-39(13-11-22)27-9-8-26-30(37-27)38-31(36-26)29(40)19-6-7-20(15-33)24(14-19)25-17-35-16-21-4-3-5-23(21)25/h3,5-9,14,16-18,22,28H,4,10-13,34H2,1-2H3,(H,36,37,38)/t28-/m0/s1. The van der Waals surface area contributed by atoms with Crippen LogP contribution in [-0.4, -0.2) is 56.9 Å². The van der Waals surface area contributed by atoms with Gasteiger partial charge in [-0.1, -0.05) is 26.0 Å². The Bertz CT molecular complexity index is 1760. The van der Waals surface area contributed by atoms with Gasteiger partial charge in [-0.3, -0.25) is 14.6 Å². The summed E-state index contributed by atoms with van der Waals surface area (Å²) in [6.07, 6.45) is 9.64. The number of nitriles is 1. The molecule has 0 radical (unpaired) electrons. The van der Waals surface area contributed by atoms with Gasteiger partial charge < -0.3 is 20.4 Å². The molecule has 10 heteroatoms. The van der Waals surface area contributed by atoms with Crippen LogP contribution < -0.4 is 10.6 Å². The van der Waals surface area contributed by atoms with Crippen molar-refractivity contribution in [2.45, 2.75) is 45.3 Å². The SMILES string of the molecule is CC(C)[C@H](N)C(=O)OC1CCN(c2ccc3[nH]c(C(=O)c4ccc(C#N)c(-c5cncc6c5C=CC6)c4)nc3n2)CC1. The predicted molar refractivity (Wildman–Crippen MR) is 159 cm³/mol. The quantitative estimate of drug-likeness (QED) is 0.250. The normalized spacial score (nSPS) is 15.5. The molecule has 2 aliphatic rings. The third-order valence-electron chi connectivity index (χ3n) is 7.97. The number of imidazole rings is 1. The van der Waals surface area contributed by atoms with Crippen LogP contribution in [0.1, 0.15) is 59.6 Å². The number of piperidine rings is 1. The summed E-state index contributed by atoms with van der Waals surface area (Å²) in [6.45, 7) is 5.14. The third-order valence-corrected chi connectivity index (χ3v) is 7.97. The first-order chi connectivity index (χ1) is 20.3. The van der Waals surface area contributed by atoms with Gasteiger partial charge in [0.1, 0.15) is 18.0 Å². The van der Waals surface area contributed by atoms with Crippen LogP contribution in [0.5, 0.6) is 0 Å². The molecule has 1 saturated heterocycles. The molecular weight excluding hydrogens is 530 g/mol. The lowest BCUT2D eigenvalue weighted by atomic mass is 9.93. The zero-order valence-corrected chi connectivity index (χ0v) is 23.5. The summed E-state index contributed by atoms with van der Waals surface area (Å²) in [7, 11) is 0. The fraction of sp³-hybridized carbons (Fsp3) is 0.312. The highest BCUT2D eigenvalue weighted by Gasteiger charge is 2.27. The summed E-state index contributed by atoms with van der Waals surface area (Å²) >= 11 is 0. The van der Waals surface area contributed by atoms with Gasteiger partial charge >= 0.3 is 5.97 Å². The number of hydrogen-bond acceptors (Lipinski definition) is 9. The van der Waals surface area contributed by atoms with Gasteiger partial charge in [-0.05, 0) is 53.8 Å². The Hall–Kier alpha value is -4.88. The van der Waals surface area contributed by atoms with E-state index in [2.05, 4.69) is 32.0 Å². The summed E-state index contributed by atoms with van der Waals surface area (Å²) in [5.41, 5.74) is 11.5. The molecule has 4 aromatic rings. The largest absolute Gasteiger partial charge is 0.461 e. The number of aromatic amines is 1. The van der Waals surface area contributed by atoms with E-state index >= 15 is 0 Å². The number of hydrogen-bond donors (Lipinski definition) is 2. The van der Waals surface area contributed by atoms with E-state index in [9.17, 15) is 14.9 Å². The zero-order valence-electron chi connectivity index (χ0n) is 23.5. The minimum Gasteiger partial charge on any atom is -0.461 e. The van der Waals surface area contributed by atoms with Gasteiger partial charge in [0, 0.05) is 55.0 Å². The van der Waals surface area contributed by atoms with Gasteiger partial charge in [0.15, 0.2) is 11.5 Å². The van der Waals surface area contributed by atoms with Crippen molar-refractivity contribution in [3.8, 4) is 17.2 Å². The molecule has 3 N–H and O–H groups in total. The molecule has 42 heavy (non-hydrogen) atoms. The van der Waals surface area contributed by atoms with Crippen molar-refractivity contribution in [3.05, 3.63) is 76.9 Å². The molecule has 212 valence electrons. The number of nitrogens with one attached hydrogen (secondary N) is 1. The number of H-pyrrole nitrogens is 1. The van der Waals surface area contributed by atoms with Crippen LogP contribution >= 0.6 is 0 Å². The minimum atomic E-state index is -0.618. The van der Waals surface area contributed by atoms with E-state index in [-0.39, 0.29) is 29.6 Å². The number of anilines is 1. The molecule has 1 atom stereocenters. The number of rotatable bonds is 7. The molecule has 0 amide bonds. The molecule has 1 aromatic carbocycles. The Balaban J connectivity index is 1.20. The number of pyridine rings is 2. The van der Waals surface area contributed by atoms with Gasteiger partial charge in [0.2, 0.25) is 5.78 Å². The first kappa shape index (κ1) is 27.3. The van der Waals surface area contributed by atoms with Crippen molar-refractivity contribution in [2.24, 2.45) is 11.7 Å². The Morgan fingerprint density at radius 1 is 1.12 bits per heavy atom. The van der Waals surface area contributed by atoms with Crippen molar-refractivity contribution in [1.82, 2.24) is 19.9 Å². The lowest BCUT2D eigenvalue weighted by Gasteiger charge is -2.33. The van der Waals surface area contributed by atoms with Gasteiger partial charge in [-0.2, -0.15) is 5.26 Å². The number of aromatic nitrogens is 4. The highest BCUT2D eigenvalue weighted by molar-refractivity contribution is 6.08. The van der Waals surface area contributed by atoms with Crippen LogP contribution in [0.25, 0.3) is 28.4 Å². The number of nitrogens with zero attached hydrogens (tertiary/aromatic N) is 5. The summed E-state index contributed by atoms with van der Waals surface area (Å²) in [6, 6.07) is 10.4. The van der Waals surface area contributed by atoms with Crippen molar-refractivity contribution in [1.29, 1.82) is 5.26 Å². The minimum absolute atomic E-state index is 0.0253. The first-order valence-corrected chi connectivity index (χ1v) is 14.1. The molecule has 1 aliphatic heterocycles. The maximum atomic E-state index is 13.5. The molecule has 0 unspecified atom stereocenters. The number of nitrogens with two attached hydrogens (primary N) is 1. The van der Waals surface area contributed by atoms with E-state index in [1.165, 1.54) is 0 Å². The van der Waals surface area contributed by atoms with E-state index in [0.29, 0.717) is 53.8 Å². The maximum absolute atomic E-state index is 13.5. The summed E-state index contributed by atoms with van der Waals surface area (Å²) in [5, 5.41) is 9.77. The third kappa shape index (κ3) is 5.15. The highest BCUT2D eigenvalue weighted by Crippen LogP contribution is 2.33. The molecule has 10 nitrogen and oxygen atoms in total. The second kappa shape index (κ2) is 11.2. The molecule has 3 aromatic heterocycles. The second-order valence-electron chi connectivity index (χ2n) is 11.1. The molecule has 0 saturated carbocycles. The van der Waals surface area contributed by atoms with Crippen LogP contribution in [0.3, 0.4) is 0 Å². The number of fused-ring (bicyclic) bond motifs is 2. The average Bonchev–Trinajstić information content (AvgIpc) is 3.67. The van der Waals surface area contributed by atoms with Gasteiger partial charge in [0.05, 0.1) is 17.1 Å². The van der Waals surface area contributed by atoms with Gasteiger partial charge in [0.25, 0.3) is 0 Å². The fourth-order valence-electron chi connectivity index (χ4n) is 5.42. The van der Waals surface area contributed by atoms with Crippen LogP contribution in [0.4, 0.5) is 5.82 Å². The van der Waals surface area contributed by atoms with Gasteiger partial charge in [-0.15, -0.1) is 0 Å². The van der Waals surface area contributed by atoms with Gasteiger partial charge in [-0.25, -0.2) is 9.97 Å². The number of ether oxygens (including phenoxy) is 1. The number of carbonyl (C=O) groups is 2. The lowest BCUT2D eigenvalue weighted by molar-refractivity contribution is -0.152. The van der Waals surface area contributed by atoms with Crippen LogP contribution in [-0.2, 0) is 16.0 Å². The molecule has 1 fully saturated rings. The van der Waals surface area contributed by atoms with E-state index in [4.69, 9.17) is 15.5 Å². The van der Waals surface area contributed by atoms with Crippen molar-refractivity contribution in [2.75, 3.05) is 18.0 Å². The Morgan fingerprint density at radius 3 is 2.69 bits per heavy atom. The van der Waals surface area contributed by atoms with Crippen molar-refractivity contribution in [3.63, 3.8) is 0 Å². The molecule has 6 rings (SSSR count). The topological polar surface area (TPSA) is 151 Å². The Morgan fingerprint density at radius 2 is 1.93 bits per heavy atom. The van der Waals surface area contributed by atoms with E-state index in [1.807, 2.05) is 38.3 Å². The summed E-state index contributed by atoms with van der Waals surface area (Å²) in [5.74, 6) is 0.299. The monoisotopic (exact) mass is 561 g/mol. The number of carbonyl (C=O) groups excluding carboxylic acids is 2. The van der Waals surface area contributed by atoms with Crippen LogP contribution in [0.2, 0.25) is 0 Å². The van der Waals surface area contributed by atoms with Crippen molar-refractivity contribution >= 4 is 34.8 Å². The van der Waals surface area contributed by atoms with E-state index in [1.54, 1.807) is 24.4 Å². The number of ketones is 1. The van der Waals surface area contributed by atoms with Crippen LogP contribution in [0, 0.1) is 17.2 Å². The molecule has 4 heterocycles. The molecule has 0 spiro atoms. The van der Waals surface area contributed by atoms with E-state index in [0.717, 1.165) is 28.9 Å². The lowest BCUT2D eigenvalue weighted by Crippen LogP contribution is -2.43. The fourth-order valence-corrected chi connectivity index (χ4v) is 5.42. The van der Waals surface area contributed by atoms with Crippen LogP contribution in [0.15, 0.2) is 48.8 Å². The highest BCUT2D eigenvalue weighted by atomic mass is 16.5. The summed E-state index contributed by atoms with van der Waals surface area (Å²) < 4.78 is 5.62. The average molecular weight is 562 g/mol. The molecule has 1 aliphatic carbocycles. The first-order valence-electron chi connectivity index (χ1n) is 14.1. The zero-order chi connectivity index (χ0) is 29.4. The maximum Gasteiger partial charge on any atom is 0.323 e. The molecule has 0 bridgehead atoms. The van der Waals surface area contributed by atoms with Crippen molar-refractivity contribution < 1.29 is 14.3 Å². The summed E-state index contributed by atoms with van der Waals surface area (Å²) in [4.78, 5) is 44.6. The molecular formula is C32H31N7O3. The smallest absolute Gasteiger partial charge is 0.323 e. The number of benzene rings is 1. The Kier molecular flexibility index (Phi) is 7.27. The second-order valence-corrected chi connectivity index (χ2v) is 11.1. The van der Waals surface area contributed by atoms with E-state index < -0.39 is 6.04 Å². The predicted octanol–water partition coefficient (Wildman–Crippen LogP) is 4.19. The number of allylic oxidation sites excluding steroid dienone is 1. The Labute approximate surface area is 243 Å².